The summed E-state index contributed by atoms with van der Waals surface area (Å²) in [5.41, 5.74) is 2.54. The molecule has 0 aliphatic heterocycles. The molecule has 1 amide bonds. The molecular weight excluding hydrogens is 226 g/mol. The number of aryl methyl sites for hydroxylation is 1. The van der Waals surface area contributed by atoms with Crippen LogP contribution in [0.25, 0.3) is 0 Å². The van der Waals surface area contributed by atoms with Crippen LogP contribution < -0.4 is 5.32 Å². The molecule has 98 valence electrons. The Labute approximate surface area is 108 Å². The summed E-state index contributed by atoms with van der Waals surface area (Å²) in [6, 6.07) is 8.14. The smallest absolute Gasteiger partial charge is 0.224 e. The van der Waals surface area contributed by atoms with E-state index >= 15 is 0 Å². The zero-order valence-electron chi connectivity index (χ0n) is 11.0. The number of aliphatic hydroxyl groups is 1. The molecule has 1 aromatic rings. The van der Waals surface area contributed by atoms with Crippen molar-refractivity contribution in [1.82, 2.24) is 5.32 Å². The zero-order chi connectivity index (χ0) is 13.1. The fraction of sp³-hybridized carbons (Fsp3) is 0.533. The van der Waals surface area contributed by atoms with Crippen molar-refractivity contribution in [2.24, 2.45) is 5.92 Å². The fourth-order valence-electron chi connectivity index (χ4n) is 2.42. The third-order valence-electron chi connectivity index (χ3n) is 3.77. The second-order valence-corrected chi connectivity index (χ2v) is 5.10. The monoisotopic (exact) mass is 247 g/mol. The normalized spacial score (nSPS) is 23.5. The van der Waals surface area contributed by atoms with Gasteiger partial charge in [0.25, 0.3) is 0 Å². The molecule has 1 aliphatic carbocycles. The van der Waals surface area contributed by atoms with E-state index in [9.17, 15) is 4.79 Å². The summed E-state index contributed by atoms with van der Waals surface area (Å²) in [5.74, 6) is 0.540. The SMILES string of the molecule is CCC(CO)NC(=O)C1CC1c1ccccc1C. The molecule has 2 rings (SSSR count). The third-order valence-corrected chi connectivity index (χ3v) is 3.77. The summed E-state index contributed by atoms with van der Waals surface area (Å²) in [6.45, 7) is 4.07. The molecule has 2 N–H and O–H groups in total. The van der Waals surface area contributed by atoms with Gasteiger partial charge in [-0.15, -0.1) is 0 Å². The van der Waals surface area contributed by atoms with E-state index in [2.05, 4.69) is 24.4 Å². The Bertz CT molecular complexity index is 426. The lowest BCUT2D eigenvalue weighted by Gasteiger charge is -2.14. The van der Waals surface area contributed by atoms with Crippen LogP contribution in [0.3, 0.4) is 0 Å². The Kier molecular flexibility index (Phi) is 4.02. The van der Waals surface area contributed by atoms with Crippen molar-refractivity contribution < 1.29 is 9.90 Å². The van der Waals surface area contributed by atoms with Crippen LogP contribution in [0.1, 0.15) is 36.8 Å². The minimum atomic E-state index is -0.101. The van der Waals surface area contributed by atoms with Crippen LogP contribution in [0, 0.1) is 12.8 Å². The maximum atomic E-state index is 12.0. The molecule has 1 aliphatic rings. The van der Waals surface area contributed by atoms with Gasteiger partial charge in [-0.3, -0.25) is 4.79 Å². The van der Waals surface area contributed by atoms with E-state index in [1.807, 2.05) is 19.1 Å². The molecule has 3 unspecified atom stereocenters. The molecule has 0 bridgehead atoms. The topological polar surface area (TPSA) is 49.3 Å². The second-order valence-electron chi connectivity index (χ2n) is 5.10. The minimum absolute atomic E-state index is 0.0178. The Morgan fingerprint density at radius 1 is 1.50 bits per heavy atom. The predicted molar refractivity (Wildman–Crippen MR) is 71.3 cm³/mol. The lowest BCUT2D eigenvalue weighted by Crippen LogP contribution is -2.38. The lowest BCUT2D eigenvalue weighted by molar-refractivity contribution is -0.123. The van der Waals surface area contributed by atoms with Gasteiger partial charge in [0.05, 0.1) is 12.6 Å². The second kappa shape index (κ2) is 5.53. The Hall–Kier alpha value is -1.35. The van der Waals surface area contributed by atoms with Crippen molar-refractivity contribution >= 4 is 5.91 Å². The van der Waals surface area contributed by atoms with Crippen LogP contribution in [0.5, 0.6) is 0 Å². The van der Waals surface area contributed by atoms with Crippen molar-refractivity contribution in [3.63, 3.8) is 0 Å². The van der Waals surface area contributed by atoms with E-state index in [1.54, 1.807) is 0 Å². The number of carbonyl (C=O) groups is 1. The third kappa shape index (κ3) is 2.72. The summed E-state index contributed by atoms with van der Waals surface area (Å²) in [6.07, 6.45) is 1.70. The van der Waals surface area contributed by atoms with Gasteiger partial charge < -0.3 is 10.4 Å². The lowest BCUT2D eigenvalue weighted by atomic mass is 10.0. The highest BCUT2D eigenvalue weighted by Crippen LogP contribution is 2.48. The van der Waals surface area contributed by atoms with Crippen molar-refractivity contribution in [1.29, 1.82) is 0 Å². The molecule has 3 heteroatoms. The molecule has 3 nitrogen and oxygen atoms in total. The molecular formula is C15H21NO2. The summed E-state index contributed by atoms with van der Waals surface area (Å²) in [4.78, 5) is 12.0. The van der Waals surface area contributed by atoms with Gasteiger partial charge in [-0.1, -0.05) is 31.2 Å². The average molecular weight is 247 g/mol. The average Bonchev–Trinajstić information content (AvgIpc) is 3.16. The number of hydrogen-bond acceptors (Lipinski definition) is 2. The first-order chi connectivity index (χ1) is 8.67. The first-order valence-electron chi connectivity index (χ1n) is 6.64. The number of benzene rings is 1. The number of carbonyl (C=O) groups excluding carboxylic acids is 1. The highest BCUT2D eigenvalue weighted by molar-refractivity contribution is 5.83. The molecule has 0 spiro atoms. The largest absolute Gasteiger partial charge is 0.394 e. The Balaban J connectivity index is 1.95. The van der Waals surface area contributed by atoms with E-state index in [-0.39, 0.29) is 24.5 Å². The van der Waals surface area contributed by atoms with E-state index in [0.717, 1.165) is 12.8 Å². The number of rotatable bonds is 5. The van der Waals surface area contributed by atoms with Crippen LogP contribution in [-0.2, 0) is 4.79 Å². The molecule has 0 saturated heterocycles. The summed E-state index contributed by atoms with van der Waals surface area (Å²) >= 11 is 0. The van der Waals surface area contributed by atoms with Crippen LogP contribution in [-0.4, -0.2) is 23.7 Å². The van der Waals surface area contributed by atoms with E-state index in [4.69, 9.17) is 5.11 Å². The number of amides is 1. The highest BCUT2D eigenvalue weighted by atomic mass is 16.3. The maximum absolute atomic E-state index is 12.0. The molecule has 1 saturated carbocycles. The molecule has 0 radical (unpaired) electrons. The number of nitrogens with one attached hydrogen (secondary N) is 1. The van der Waals surface area contributed by atoms with Crippen molar-refractivity contribution in [3.8, 4) is 0 Å². The zero-order valence-corrected chi connectivity index (χ0v) is 11.0. The molecule has 0 aromatic heterocycles. The van der Waals surface area contributed by atoms with Gasteiger partial charge in [-0.25, -0.2) is 0 Å². The van der Waals surface area contributed by atoms with Gasteiger partial charge in [0, 0.05) is 5.92 Å². The Morgan fingerprint density at radius 2 is 2.22 bits per heavy atom. The van der Waals surface area contributed by atoms with Crippen molar-refractivity contribution in [3.05, 3.63) is 35.4 Å². The molecule has 18 heavy (non-hydrogen) atoms. The molecule has 1 aromatic carbocycles. The van der Waals surface area contributed by atoms with Crippen LogP contribution in [0.4, 0.5) is 0 Å². The maximum Gasteiger partial charge on any atom is 0.224 e. The van der Waals surface area contributed by atoms with Crippen molar-refractivity contribution in [2.75, 3.05) is 6.61 Å². The summed E-state index contributed by atoms with van der Waals surface area (Å²) in [5, 5.41) is 12.0. The first kappa shape index (κ1) is 13.1. The van der Waals surface area contributed by atoms with E-state index in [0.29, 0.717) is 5.92 Å². The minimum Gasteiger partial charge on any atom is -0.394 e. The van der Waals surface area contributed by atoms with Gasteiger partial charge in [0.15, 0.2) is 0 Å². The quantitative estimate of drug-likeness (QED) is 0.836. The summed E-state index contributed by atoms with van der Waals surface area (Å²) < 4.78 is 0. The van der Waals surface area contributed by atoms with Gasteiger partial charge in [-0.2, -0.15) is 0 Å². The van der Waals surface area contributed by atoms with Gasteiger partial charge in [0.2, 0.25) is 5.91 Å². The molecule has 3 atom stereocenters. The van der Waals surface area contributed by atoms with Gasteiger partial charge in [-0.05, 0) is 36.8 Å². The Morgan fingerprint density at radius 3 is 2.83 bits per heavy atom. The van der Waals surface area contributed by atoms with Crippen molar-refractivity contribution in [2.45, 2.75) is 38.6 Å². The van der Waals surface area contributed by atoms with Crippen LogP contribution in [0.2, 0.25) is 0 Å². The van der Waals surface area contributed by atoms with E-state index < -0.39 is 0 Å². The fourth-order valence-corrected chi connectivity index (χ4v) is 2.42. The van der Waals surface area contributed by atoms with Crippen LogP contribution in [0.15, 0.2) is 24.3 Å². The highest BCUT2D eigenvalue weighted by Gasteiger charge is 2.44. The van der Waals surface area contributed by atoms with Crippen LogP contribution >= 0.6 is 0 Å². The predicted octanol–water partition coefficient (Wildman–Crippen LogP) is 1.99. The van der Waals surface area contributed by atoms with E-state index in [1.165, 1.54) is 11.1 Å². The standard InChI is InChI=1S/C15H21NO2/c1-3-11(9-17)16-15(18)14-8-13(14)12-7-5-4-6-10(12)2/h4-7,11,13-14,17H,3,8-9H2,1-2H3,(H,16,18). The summed E-state index contributed by atoms with van der Waals surface area (Å²) in [7, 11) is 0. The van der Waals surface area contributed by atoms with Gasteiger partial charge in [0.1, 0.15) is 0 Å². The molecule has 1 fully saturated rings. The molecule has 0 heterocycles. The first-order valence-corrected chi connectivity index (χ1v) is 6.64. The number of hydrogen-bond donors (Lipinski definition) is 2. The number of aliphatic hydroxyl groups excluding tert-OH is 1. The van der Waals surface area contributed by atoms with Gasteiger partial charge >= 0.3 is 0 Å².